The first-order valence-corrected chi connectivity index (χ1v) is 8.23. The second-order valence-electron chi connectivity index (χ2n) is 6.41. The Morgan fingerprint density at radius 3 is 2.83 bits per heavy atom. The van der Waals surface area contributed by atoms with Crippen molar-refractivity contribution in [2.24, 2.45) is 13.0 Å². The summed E-state index contributed by atoms with van der Waals surface area (Å²) < 4.78 is 2.02. The predicted molar refractivity (Wildman–Crippen MR) is 90.6 cm³/mol. The number of H-pyrrole nitrogens is 1. The van der Waals surface area contributed by atoms with Crippen LogP contribution in [0.2, 0.25) is 0 Å². The smallest absolute Gasteiger partial charge is 0.227 e. The van der Waals surface area contributed by atoms with Crippen molar-refractivity contribution in [3.8, 4) is 11.4 Å². The molecule has 0 radical (unpaired) electrons. The van der Waals surface area contributed by atoms with E-state index < -0.39 is 0 Å². The van der Waals surface area contributed by atoms with Gasteiger partial charge in [0.1, 0.15) is 0 Å². The maximum atomic E-state index is 9.29. The highest BCUT2D eigenvalue weighted by Crippen LogP contribution is 2.28. The third-order valence-electron chi connectivity index (χ3n) is 4.77. The van der Waals surface area contributed by atoms with Gasteiger partial charge < -0.3 is 15.0 Å². The largest absolute Gasteiger partial charge is 0.396 e. The third-order valence-corrected chi connectivity index (χ3v) is 4.77. The number of aromatic nitrogens is 6. The van der Waals surface area contributed by atoms with E-state index in [2.05, 4.69) is 30.0 Å². The van der Waals surface area contributed by atoms with E-state index in [4.69, 9.17) is 0 Å². The van der Waals surface area contributed by atoms with E-state index in [1.54, 1.807) is 6.33 Å². The monoisotopic (exact) mass is 327 g/mol. The van der Waals surface area contributed by atoms with Crippen LogP contribution >= 0.6 is 0 Å². The quantitative estimate of drug-likeness (QED) is 0.752. The van der Waals surface area contributed by atoms with Crippen LogP contribution < -0.4 is 4.90 Å². The summed E-state index contributed by atoms with van der Waals surface area (Å²) in [5.74, 6) is 2.07. The van der Waals surface area contributed by atoms with E-state index in [-0.39, 0.29) is 6.61 Å². The van der Waals surface area contributed by atoms with Crippen LogP contribution in [0.3, 0.4) is 0 Å². The van der Waals surface area contributed by atoms with Gasteiger partial charge in [-0.05, 0) is 31.7 Å². The molecular formula is C16H21N7O. The molecule has 1 fully saturated rings. The number of piperidine rings is 1. The van der Waals surface area contributed by atoms with Gasteiger partial charge in [-0.1, -0.05) is 0 Å². The summed E-state index contributed by atoms with van der Waals surface area (Å²) in [4.78, 5) is 14.1. The van der Waals surface area contributed by atoms with Gasteiger partial charge in [0.25, 0.3) is 0 Å². The SMILES string of the molecule is Cc1cc(-c2nnc(N3CCC(CO)CC3)n2C)c2[nH]cnc2n1. The van der Waals surface area contributed by atoms with Gasteiger partial charge in [0, 0.05) is 38.0 Å². The number of nitrogens with one attached hydrogen (secondary N) is 1. The van der Waals surface area contributed by atoms with Crippen LogP contribution in [0.4, 0.5) is 5.95 Å². The average Bonchev–Trinajstić information content (AvgIpc) is 3.21. The van der Waals surface area contributed by atoms with Crippen molar-refractivity contribution in [1.29, 1.82) is 0 Å². The molecule has 4 heterocycles. The van der Waals surface area contributed by atoms with Crippen molar-refractivity contribution in [2.75, 3.05) is 24.6 Å². The molecule has 3 aromatic heterocycles. The molecule has 8 nitrogen and oxygen atoms in total. The van der Waals surface area contributed by atoms with Crippen molar-refractivity contribution >= 4 is 17.1 Å². The number of hydrogen-bond acceptors (Lipinski definition) is 6. The number of nitrogens with zero attached hydrogens (tertiary/aromatic N) is 6. The van der Waals surface area contributed by atoms with E-state index in [1.165, 1.54) is 0 Å². The minimum Gasteiger partial charge on any atom is -0.396 e. The number of aliphatic hydroxyl groups excluding tert-OH is 1. The lowest BCUT2D eigenvalue weighted by Gasteiger charge is -2.31. The van der Waals surface area contributed by atoms with E-state index in [9.17, 15) is 5.11 Å². The highest BCUT2D eigenvalue weighted by Gasteiger charge is 2.24. The Kier molecular flexibility index (Phi) is 3.68. The summed E-state index contributed by atoms with van der Waals surface area (Å²) in [6, 6.07) is 2.01. The van der Waals surface area contributed by atoms with Crippen molar-refractivity contribution in [3.05, 3.63) is 18.1 Å². The number of imidazole rings is 1. The summed E-state index contributed by atoms with van der Waals surface area (Å²) >= 11 is 0. The van der Waals surface area contributed by atoms with Crippen molar-refractivity contribution in [1.82, 2.24) is 29.7 Å². The van der Waals surface area contributed by atoms with Crippen LogP contribution in [0.1, 0.15) is 18.5 Å². The summed E-state index contributed by atoms with van der Waals surface area (Å²) in [5.41, 5.74) is 3.43. The molecule has 2 N–H and O–H groups in total. The Labute approximate surface area is 139 Å². The zero-order valence-corrected chi connectivity index (χ0v) is 13.9. The molecule has 0 aliphatic carbocycles. The maximum absolute atomic E-state index is 9.29. The summed E-state index contributed by atoms with van der Waals surface area (Å²) in [6.07, 6.45) is 3.62. The number of fused-ring (bicyclic) bond motifs is 1. The highest BCUT2D eigenvalue weighted by molar-refractivity contribution is 5.87. The predicted octanol–water partition coefficient (Wildman–Crippen LogP) is 1.27. The Bertz CT molecular complexity index is 861. The lowest BCUT2D eigenvalue weighted by Crippen LogP contribution is -2.36. The molecule has 0 aromatic carbocycles. The van der Waals surface area contributed by atoms with Crippen LogP contribution in [0, 0.1) is 12.8 Å². The van der Waals surface area contributed by atoms with Crippen LogP contribution in [0.5, 0.6) is 0 Å². The minimum atomic E-state index is 0.270. The lowest BCUT2D eigenvalue weighted by atomic mass is 9.98. The van der Waals surface area contributed by atoms with Crippen LogP contribution in [0.25, 0.3) is 22.6 Å². The third kappa shape index (κ3) is 2.43. The number of anilines is 1. The molecule has 0 unspecified atom stereocenters. The van der Waals surface area contributed by atoms with Gasteiger partial charge in [-0.25, -0.2) is 9.97 Å². The normalized spacial score (nSPS) is 16.2. The van der Waals surface area contributed by atoms with Crippen molar-refractivity contribution in [3.63, 3.8) is 0 Å². The molecule has 0 atom stereocenters. The zero-order valence-electron chi connectivity index (χ0n) is 13.9. The number of rotatable bonds is 3. The molecule has 3 aromatic rings. The minimum absolute atomic E-state index is 0.270. The van der Waals surface area contributed by atoms with Crippen LogP contribution in [0.15, 0.2) is 12.4 Å². The first-order valence-electron chi connectivity index (χ1n) is 8.23. The van der Waals surface area contributed by atoms with Gasteiger partial charge in [0.05, 0.1) is 11.8 Å². The summed E-state index contributed by atoms with van der Waals surface area (Å²) in [5, 5.41) is 18.1. The van der Waals surface area contributed by atoms with Crippen LogP contribution in [-0.2, 0) is 7.05 Å². The number of hydrogen-bond donors (Lipinski definition) is 2. The van der Waals surface area contributed by atoms with Gasteiger partial charge in [0.15, 0.2) is 11.5 Å². The first kappa shape index (κ1) is 15.1. The molecule has 0 bridgehead atoms. The molecule has 0 amide bonds. The van der Waals surface area contributed by atoms with E-state index >= 15 is 0 Å². The standard InChI is InChI=1S/C16H21N7O/c1-10-7-12(13-14(19-10)18-9-17-13)15-20-21-16(22(15)2)23-5-3-11(8-24)4-6-23/h7,9,11,24H,3-6,8H2,1-2H3,(H,17,18,19). The topological polar surface area (TPSA) is 95.8 Å². The fourth-order valence-corrected chi connectivity index (χ4v) is 3.37. The van der Waals surface area contributed by atoms with Gasteiger partial charge in [0.2, 0.25) is 5.95 Å². The summed E-state index contributed by atoms with van der Waals surface area (Å²) in [6.45, 7) is 4.01. The fourth-order valence-electron chi connectivity index (χ4n) is 3.37. The molecular weight excluding hydrogens is 306 g/mol. The highest BCUT2D eigenvalue weighted by atomic mass is 16.3. The second-order valence-corrected chi connectivity index (χ2v) is 6.41. The van der Waals surface area contributed by atoms with E-state index in [0.717, 1.165) is 54.5 Å². The number of pyridine rings is 1. The fraction of sp³-hybridized carbons (Fsp3) is 0.500. The van der Waals surface area contributed by atoms with Gasteiger partial charge in [-0.15, -0.1) is 10.2 Å². The molecule has 8 heteroatoms. The van der Waals surface area contributed by atoms with Gasteiger partial charge in [-0.2, -0.15) is 0 Å². The Hall–Kier alpha value is -2.48. The van der Waals surface area contributed by atoms with Crippen LogP contribution in [-0.4, -0.2) is 54.5 Å². The maximum Gasteiger partial charge on any atom is 0.227 e. The van der Waals surface area contributed by atoms with Crippen molar-refractivity contribution < 1.29 is 5.11 Å². The zero-order chi connectivity index (χ0) is 16.7. The summed E-state index contributed by atoms with van der Waals surface area (Å²) in [7, 11) is 1.99. The molecule has 126 valence electrons. The molecule has 1 aliphatic heterocycles. The number of aromatic amines is 1. The van der Waals surface area contributed by atoms with E-state index in [0.29, 0.717) is 11.6 Å². The Morgan fingerprint density at radius 1 is 1.29 bits per heavy atom. The lowest BCUT2D eigenvalue weighted by molar-refractivity contribution is 0.202. The van der Waals surface area contributed by atoms with Gasteiger partial charge >= 0.3 is 0 Å². The second kappa shape index (κ2) is 5.86. The molecule has 1 saturated heterocycles. The Balaban J connectivity index is 1.70. The molecule has 1 aliphatic rings. The van der Waals surface area contributed by atoms with Gasteiger partial charge in [-0.3, -0.25) is 4.57 Å². The molecule has 0 spiro atoms. The Morgan fingerprint density at radius 2 is 2.08 bits per heavy atom. The molecule has 24 heavy (non-hydrogen) atoms. The number of aliphatic hydroxyl groups is 1. The average molecular weight is 327 g/mol. The molecule has 4 rings (SSSR count). The molecule has 0 saturated carbocycles. The van der Waals surface area contributed by atoms with E-state index in [1.807, 2.05) is 24.6 Å². The van der Waals surface area contributed by atoms with Crippen molar-refractivity contribution in [2.45, 2.75) is 19.8 Å². The first-order chi connectivity index (χ1) is 11.7. The number of aryl methyl sites for hydroxylation is 1.